The van der Waals surface area contributed by atoms with Gasteiger partial charge in [0.1, 0.15) is 0 Å². The molecule has 0 spiro atoms. The van der Waals surface area contributed by atoms with E-state index in [1.54, 1.807) is 0 Å². The van der Waals surface area contributed by atoms with Crippen LogP contribution in [0.2, 0.25) is 0 Å². The molecule has 19 heavy (non-hydrogen) atoms. The summed E-state index contributed by atoms with van der Waals surface area (Å²) in [5.41, 5.74) is 4.51. The average Bonchev–Trinajstić information content (AvgIpc) is 2.27. The number of hydrogen-bond donors (Lipinski definition) is 3. The zero-order chi connectivity index (χ0) is 14.6. The van der Waals surface area contributed by atoms with E-state index in [9.17, 15) is 24.1 Å². The Morgan fingerprint density at radius 2 is 2.16 bits per heavy atom. The van der Waals surface area contributed by atoms with Crippen molar-refractivity contribution in [3.63, 3.8) is 0 Å². The molecule has 4 N–H and O–H groups in total. The number of nitro groups is 1. The average molecular weight is 271 g/mol. The Bertz CT molecular complexity index is 534. The Kier molecular flexibility index (Phi) is 4.48. The largest absolute Gasteiger partial charge is 0.481 e. The first kappa shape index (κ1) is 14.5. The molecule has 1 aromatic carbocycles. The highest BCUT2D eigenvalue weighted by atomic mass is 19.1. The quantitative estimate of drug-likeness (QED) is 0.526. The minimum absolute atomic E-state index is 0.0473. The lowest BCUT2D eigenvalue weighted by atomic mass is 10.2. The van der Waals surface area contributed by atoms with E-state index in [-0.39, 0.29) is 5.69 Å². The Morgan fingerprint density at radius 1 is 1.53 bits per heavy atom. The van der Waals surface area contributed by atoms with E-state index in [4.69, 9.17) is 10.8 Å². The van der Waals surface area contributed by atoms with Crippen LogP contribution in [0, 0.1) is 15.9 Å². The minimum Gasteiger partial charge on any atom is -0.481 e. The summed E-state index contributed by atoms with van der Waals surface area (Å²) in [6.45, 7) is 0. The van der Waals surface area contributed by atoms with Crippen molar-refractivity contribution < 1.29 is 24.0 Å². The number of benzene rings is 1. The Balaban J connectivity index is 2.78. The van der Waals surface area contributed by atoms with Gasteiger partial charge in [-0.2, -0.15) is 4.39 Å². The van der Waals surface area contributed by atoms with E-state index in [0.717, 1.165) is 18.2 Å². The highest BCUT2D eigenvalue weighted by molar-refractivity contribution is 5.96. The molecule has 0 heterocycles. The summed E-state index contributed by atoms with van der Waals surface area (Å²) in [7, 11) is 0. The van der Waals surface area contributed by atoms with E-state index in [1.165, 1.54) is 0 Å². The lowest BCUT2D eigenvalue weighted by Crippen LogP contribution is -2.37. The molecule has 0 aliphatic rings. The predicted molar refractivity (Wildman–Crippen MR) is 61.9 cm³/mol. The molecule has 0 saturated carbocycles. The lowest BCUT2D eigenvalue weighted by molar-refractivity contribution is -0.387. The summed E-state index contributed by atoms with van der Waals surface area (Å²) < 4.78 is 13.2. The molecule has 1 rings (SSSR count). The molecular formula is C10H10FN3O5. The van der Waals surface area contributed by atoms with Crippen molar-refractivity contribution in [1.82, 2.24) is 0 Å². The maximum Gasteiger partial charge on any atom is 0.305 e. The summed E-state index contributed by atoms with van der Waals surface area (Å²) in [4.78, 5) is 31.2. The number of nitrogens with one attached hydrogen (secondary N) is 1. The van der Waals surface area contributed by atoms with Gasteiger partial charge in [-0.1, -0.05) is 0 Å². The van der Waals surface area contributed by atoms with Gasteiger partial charge in [-0.3, -0.25) is 19.7 Å². The van der Waals surface area contributed by atoms with Crippen molar-refractivity contribution >= 4 is 23.3 Å². The Hall–Kier alpha value is -2.55. The monoisotopic (exact) mass is 271 g/mol. The molecule has 0 saturated heterocycles. The molecule has 8 nitrogen and oxygen atoms in total. The third-order valence-electron chi connectivity index (χ3n) is 2.14. The number of halogens is 1. The van der Waals surface area contributed by atoms with Gasteiger partial charge < -0.3 is 16.2 Å². The second-order valence-corrected chi connectivity index (χ2v) is 3.62. The number of aliphatic carboxylic acids is 1. The highest BCUT2D eigenvalue weighted by Gasteiger charge is 2.19. The maximum absolute atomic E-state index is 13.2. The van der Waals surface area contributed by atoms with Crippen LogP contribution in [0.4, 0.5) is 15.8 Å². The number of hydrogen-bond acceptors (Lipinski definition) is 5. The molecule has 0 fully saturated rings. The van der Waals surface area contributed by atoms with Crippen LogP contribution in [-0.2, 0) is 9.59 Å². The third-order valence-corrected chi connectivity index (χ3v) is 2.14. The molecule has 102 valence electrons. The van der Waals surface area contributed by atoms with Gasteiger partial charge in [0.15, 0.2) is 0 Å². The zero-order valence-corrected chi connectivity index (χ0v) is 9.50. The number of nitrogens with zero attached hydrogens (tertiary/aromatic N) is 1. The van der Waals surface area contributed by atoms with E-state index >= 15 is 0 Å². The fourth-order valence-corrected chi connectivity index (χ4v) is 1.25. The normalized spacial score (nSPS) is 11.7. The number of rotatable bonds is 5. The van der Waals surface area contributed by atoms with Crippen LogP contribution in [0.5, 0.6) is 0 Å². The van der Waals surface area contributed by atoms with Crippen LogP contribution in [-0.4, -0.2) is 27.9 Å². The topological polar surface area (TPSA) is 136 Å². The van der Waals surface area contributed by atoms with Gasteiger partial charge in [0.2, 0.25) is 11.7 Å². The van der Waals surface area contributed by atoms with E-state index in [0.29, 0.717) is 0 Å². The first-order valence-electron chi connectivity index (χ1n) is 5.03. The molecule has 1 aromatic rings. The first-order chi connectivity index (χ1) is 8.81. The molecule has 0 aromatic heterocycles. The SMILES string of the molecule is NC(CC(=O)O)C(=O)Nc1ccc([N+](=O)[O-])c(F)c1. The molecule has 0 bridgehead atoms. The molecule has 0 radical (unpaired) electrons. The lowest BCUT2D eigenvalue weighted by Gasteiger charge is -2.10. The fraction of sp³-hybridized carbons (Fsp3) is 0.200. The molecule has 0 aliphatic heterocycles. The Labute approximate surface area is 106 Å². The van der Waals surface area contributed by atoms with Crippen LogP contribution in [0.15, 0.2) is 18.2 Å². The number of carbonyl (C=O) groups is 2. The smallest absolute Gasteiger partial charge is 0.305 e. The number of nitrogens with two attached hydrogens (primary N) is 1. The summed E-state index contributed by atoms with van der Waals surface area (Å²) >= 11 is 0. The van der Waals surface area contributed by atoms with Gasteiger partial charge in [0.05, 0.1) is 17.4 Å². The molecular weight excluding hydrogens is 261 g/mol. The number of anilines is 1. The molecule has 1 atom stereocenters. The van der Waals surface area contributed by atoms with E-state index in [1.807, 2.05) is 0 Å². The Morgan fingerprint density at radius 3 is 2.63 bits per heavy atom. The number of amides is 1. The standard InChI is InChI=1S/C10H10FN3O5/c11-6-3-5(1-2-8(6)14(18)19)13-10(17)7(12)4-9(15)16/h1-3,7H,4,12H2,(H,13,17)(H,15,16). The van der Waals surface area contributed by atoms with Crippen LogP contribution in [0.1, 0.15) is 6.42 Å². The minimum atomic E-state index is -1.30. The molecule has 0 aliphatic carbocycles. The fourth-order valence-electron chi connectivity index (χ4n) is 1.25. The number of carboxylic acids is 1. The summed E-state index contributed by atoms with van der Waals surface area (Å²) in [6, 6.07) is 1.46. The predicted octanol–water partition coefficient (Wildman–Crippen LogP) is 0.474. The van der Waals surface area contributed by atoms with Crippen molar-refractivity contribution in [2.45, 2.75) is 12.5 Å². The van der Waals surface area contributed by atoms with Gasteiger partial charge in [0, 0.05) is 17.8 Å². The first-order valence-corrected chi connectivity index (χ1v) is 5.03. The van der Waals surface area contributed by atoms with Crippen LogP contribution in [0.25, 0.3) is 0 Å². The van der Waals surface area contributed by atoms with Crippen LogP contribution < -0.4 is 11.1 Å². The van der Waals surface area contributed by atoms with Gasteiger partial charge >= 0.3 is 11.7 Å². The second-order valence-electron chi connectivity index (χ2n) is 3.62. The highest BCUT2D eigenvalue weighted by Crippen LogP contribution is 2.20. The van der Waals surface area contributed by atoms with Crippen molar-refractivity contribution in [3.05, 3.63) is 34.1 Å². The number of carboxylic acid groups (broad SMARTS) is 1. The van der Waals surface area contributed by atoms with Gasteiger partial charge in [-0.25, -0.2) is 0 Å². The summed E-state index contributed by atoms with van der Waals surface area (Å²) in [5.74, 6) is -3.19. The van der Waals surface area contributed by atoms with Crippen molar-refractivity contribution in [1.29, 1.82) is 0 Å². The van der Waals surface area contributed by atoms with E-state index in [2.05, 4.69) is 5.32 Å². The number of nitro benzene ring substituents is 1. The van der Waals surface area contributed by atoms with Crippen molar-refractivity contribution in [2.24, 2.45) is 5.73 Å². The van der Waals surface area contributed by atoms with Crippen molar-refractivity contribution in [2.75, 3.05) is 5.32 Å². The maximum atomic E-state index is 13.2. The van der Waals surface area contributed by atoms with Crippen molar-refractivity contribution in [3.8, 4) is 0 Å². The van der Waals surface area contributed by atoms with Gasteiger partial charge in [0.25, 0.3) is 0 Å². The number of carbonyl (C=O) groups excluding carboxylic acids is 1. The van der Waals surface area contributed by atoms with Gasteiger partial charge in [-0.15, -0.1) is 0 Å². The summed E-state index contributed by atoms with van der Waals surface area (Å²) in [5, 5.41) is 21.0. The second kappa shape index (κ2) is 5.87. The van der Waals surface area contributed by atoms with Gasteiger partial charge in [-0.05, 0) is 6.07 Å². The summed E-state index contributed by atoms with van der Waals surface area (Å²) in [6.07, 6.45) is -0.582. The third kappa shape index (κ3) is 4.00. The van der Waals surface area contributed by atoms with Crippen LogP contribution in [0.3, 0.4) is 0 Å². The molecule has 1 unspecified atom stereocenters. The van der Waals surface area contributed by atoms with Crippen LogP contribution >= 0.6 is 0 Å². The molecule has 9 heteroatoms. The zero-order valence-electron chi connectivity index (χ0n) is 9.50. The van der Waals surface area contributed by atoms with E-state index < -0.39 is 40.8 Å². The molecule has 1 amide bonds.